The van der Waals surface area contributed by atoms with Gasteiger partial charge in [0.05, 0.1) is 17.3 Å². The highest BCUT2D eigenvalue weighted by Gasteiger charge is 2.11. The van der Waals surface area contributed by atoms with Crippen molar-refractivity contribution in [3.63, 3.8) is 0 Å². The summed E-state index contributed by atoms with van der Waals surface area (Å²) in [6, 6.07) is 11.4. The molecule has 0 saturated heterocycles. The van der Waals surface area contributed by atoms with Crippen molar-refractivity contribution in [3.8, 4) is 5.69 Å². The lowest BCUT2D eigenvalue weighted by molar-refractivity contribution is 0.895. The fraction of sp³-hybridized carbons (Fsp3) is 0.0588. The van der Waals surface area contributed by atoms with Crippen LogP contribution in [0.25, 0.3) is 16.7 Å². The average Bonchev–Trinajstić information content (AvgIpc) is 3.06. The summed E-state index contributed by atoms with van der Waals surface area (Å²) in [6.07, 6.45) is 6.86. The Morgan fingerprint density at radius 3 is 2.71 bits per heavy atom. The van der Waals surface area contributed by atoms with E-state index in [2.05, 4.69) is 25.4 Å². The Kier molecular flexibility index (Phi) is 3.80. The Balaban J connectivity index is 1.67. The summed E-state index contributed by atoms with van der Waals surface area (Å²) in [5.41, 5.74) is 2.71. The smallest absolute Gasteiger partial charge is 0.168 e. The number of rotatable bonds is 4. The van der Waals surface area contributed by atoms with Crippen LogP contribution in [-0.4, -0.2) is 24.7 Å². The minimum atomic E-state index is 0.631. The molecule has 0 fully saturated rings. The molecule has 0 spiro atoms. The number of halogens is 1. The van der Waals surface area contributed by atoms with Crippen LogP contribution in [0.4, 0.5) is 5.82 Å². The van der Waals surface area contributed by atoms with Crippen LogP contribution < -0.4 is 5.32 Å². The summed E-state index contributed by atoms with van der Waals surface area (Å²) in [7, 11) is 0. The fourth-order valence-electron chi connectivity index (χ4n) is 2.44. The molecule has 0 bridgehead atoms. The van der Waals surface area contributed by atoms with Gasteiger partial charge in [-0.3, -0.25) is 4.98 Å². The van der Waals surface area contributed by atoms with Crippen LogP contribution in [0.3, 0.4) is 0 Å². The van der Waals surface area contributed by atoms with Crippen molar-refractivity contribution in [2.24, 2.45) is 0 Å². The van der Waals surface area contributed by atoms with Gasteiger partial charge in [-0.1, -0.05) is 17.7 Å². The van der Waals surface area contributed by atoms with Crippen LogP contribution in [0, 0.1) is 0 Å². The molecule has 6 nitrogen and oxygen atoms in total. The van der Waals surface area contributed by atoms with E-state index in [1.165, 1.54) is 6.33 Å². The van der Waals surface area contributed by atoms with Gasteiger partial charge >= 0.3 is 0 Å². The highest BCUT2D eigenvalue weighted by atomic mass is 35.5. The van der Waals surface area contributed by atoms with E-state index in [4.69, 9.17) is 11.6 Å². The number of benzene rings is 1. The third-order valence-corrected chi connectivity index (χ3v) is 3.87. The predicted octanol–water partition coefficient (Wildman–Crippen LogP) is 3.48. The van der Waals surface area contributed by atoms with Gasteiger partial charge in [-0.25, -0.2) is 14.6 Å². The molecule has 0 atom stereocenters. The molecular formula is C17H13ClN6. The molecule has 1 aromatic carbocycles. The highest BCUT2D eigenvalue weighted by molar-refractivity contribution is 6.30. The van der Waals surface area contributed by atoms with Gasteiger partial charge in [-0.15, -0.1) is 0 Å². The molecule has 4 rings (SSSR count). The fourth-order valence-corrected chi connectivity index (χ4v) is 2.57. The first-order chi connectivity index (χ1) is 11.8. The topological polar surface area (TPSA) is 68.5 Å². The Labute approximate surface area is 143 Å². The molecule has 24 heavy (non-hydrogen) atoms. The molecule has 0 radical (unpaired) electrons. The van der Waals surface area contributed by atoms with Crippen molar-refractivity contribution in [1.29, 1.82) is 0 Å². The van der Waals surface area contributed by atoms with E-state index < -0.39 is 0 Å². The average molecular weight is 337 g/mol. The highest BCUT2D eigenvalue weighted by Crippen LogP contribution is 2.22. The molecule has 0 aliphatic carbocycles. The van der Waals surface area contributed by atoms with Crippen LogP contribution in [0.1, 0.15) is 5.56 Å². The van der Waals surface area contributed by atoms with Gasteiger partial charge in [0.25, 0.3) is 0 Å². The van der Waals surface area contributed by atoms with Crippen molar-refractivity contribution in [2.45, 2.75) is 6.54 Å². The van der Waals surface area contributed by atoms with Crippen molar-refractivity contribution >= 4 is 28.5 Å². The first-order valence-electron chi connectivity index (χ1n) is 7.39. The second-order valence-corrected chi connectivity index (χ2v) is 5.64. The summed E-state index contributed by atoms with van der Waals surface area (Å²) in [4.78, 5) is 12.8. The molecule has 1 N–H and O–H groups in total. The Hall–Kier alpha value is -2.99. The third-order valence-electron chi connectivity index (χ3n) is 3.62. The van der Waals surface area contributed by atoms with Gasteiger partial charge in [0.2, 0.25) is 0 Å². The lowest BCUT2D eigenvalue weighted by atomic mass is 10.3. The lowest BCUT2D eigenvalue weighted by Crippen LogP contribution is -2.03. The maximum Gasteiger partial charge on any atom is 0.168 e. The summed E-state index contributed by atoms with van der Waals surface area (Å²) in [6.45, 7) is 0.631. The van der Waals surface area contributed by atoms with Crippen LogP contribution in [0.5, 0.6) is 0 Å². The largest absolute Gasteiger partial charge is 0.365 e. The molecule has 3 heterocycles. The van der Waals surface area contributed by atoms with E-state index >= 15 is 0 Å². The van der Waals surface area contributed by atoms with Crippen LogP contribution in [0.15, 0.2) is 61.3 Å². The first-order valence-corrected chi connectivity index (χ1v) is 7.76. The Morgan fingerprint density at radius 2 is 1.92 bits per heavy atom. The van der Waals surface area contributed by atoms with Crippen molar-refractivity contribution < 1.29 is 0 Å². The monoisotopic (exact) mass is 336 g/mol. The van der Waals surface area contributed by atoms with Gasteiger partial charge in [0.15, 0.2) is 5.65 Å². The SMILES string of the molecule is Clc1ccc(-n2ncc3c(NCc4cccnc4)ncnc32)cc1. The van der Waals surface area contributed by atoms with E-state index in [1.54, 1.807) is 17.1 Å². The molecule has 118 valence electrons. The molecule has 3 aromatic heterocycles. The number of nitrogens with one attached hydrogen (secondary N) is 1. The maximum absolute atomic E-state index is 5.95. The standard InChI is InChI=1S/C17H13ClN6/c18-13-3-5-14(6-4-13)24-17-15(10-23-24)16(21-11-22-17)20-9-12-2-1-7-19-8-12/h1-8,10-11H,9H2,(H,20,21,22). The molecule has 7 heteroatoms. The number of aromatic nitrogens is 5. The summed E-state index contributed by atoms with van der Waals surface area (Å²) in [5, 5.41) is 9.28. The van der Waals surface area contributed by atoms with E-state index in [-0.39, 0.29) is 0 Å². The molecule has 0 unspecified atom stereocenters. The Morgan fingerprint density at radius 1 is 1.04 bits per heavy atom. The number of fused-ring (bicyclic) bond motifs is 1. The van der Waals surface area contributed by atoms with E-state index in [1.807, 2.05) is 42.6 Å². The van der Waals surface area contributed by atoms with Gasteiger partial charge in [-0.05, 0) is 35.9 Å². The van der Waals surface area contributed by atoms with E-state index in [0.717, 1.165) is 28.1 Å². The minimum absolute atomic E-state index is 0.631. The van der Waals surface area contributed by atoms with Crippen LogP contribution >= 0.6 is 11.6 Å². The second kappa shape index (κ2) is 6.25. The van der Waals surface area contributed by atoms with E-state index in [9.17, 15) is 0 Å². The van der Waals surface area contributed by atoms with Gasteiger partial charge in [0.1, 0.15) is 12.1 Å². The zero-order valence-corrected chi connectivity index (χ0v) is 13.4. The number of nitrogens with zero attached hydrogens (tertiary/aromatic N) is 5. The second-order valence-electron chi connectivity index (χ2n) is 5.21. The molecule has 0 aliphatic rings. The van der Waals surface area contributed by atoms with Crippen molar-refractivity contribution in [2.75, 3.05) is 5.32 Å². The van der Waals surface area contributed by atoms with Crippen molar-refractivity contribution in [3.05, 3.63) is 71.9 Å². The normalized spacial score (nSPS) is 10.9. The number of pyridine rings is 1. The molecule has 0 amide bonds. The molecule has 0 saturated carbocycles. The van der Waals surface area contributed by atoms with Crippen molar-refractivity contribution in [1.82, 2.24) is 24.7 Å². The third kappa shape index (κ3) is 2.79. The quantitative estimate of drug-likeness (QED) is 0.618. The summed E-state index contributed by atoms with van der Waals surface area (Å²) >= 11 is 5.95. The van der Waals surface area contributed by atoms with Gasteiger partial charge in [0, 0.05) is 24.0 Å². The Bertz CT molecular complexity index is 965. The lowest BCUT2D eigenvalue weighted by Gasteiger charge is -2.07. The maximum atomic E-state index is 5.95. The van der Waals surface area contributed by atoms with E-state index in [0.29, 0.717) is 11.6 Å². The van der Waals surface area contributed by atoms with Gasteiger partial charge in [-0.2, -0.15) is 5.10 Å². The number of hydrogen-bond donors (Lipinski definition) is 1. The number of hydrogen-bond acceptors (Lipinski definition) is 5. The minimum Gasteiger partial charge on any atom is -0.365 e. The summed E-state index contributed by atoms with van der Waals surface area (Å²) < 4.78 is 1.77. The summed E-state index contributed by atoms with van der Waals surface area (Å²) in [5.74, 6) is 0.740. The number of anilines is 1. The van der Waals surface area contributed by atoms with Gasteiger partial charge < -0.3 is 5.32 Å². The van der Waals surface area contributed by atoms with Crippen LogP contribution in [0.2, 0.25) is 5.02 Å². The first kappa shape index (κ1) is 14.6. The molecule has 0 aliphatic heterocycles. The predicted molar refractivity (Wildman–Crippen MR) is 93.2 cm³/mol. The van der Waals surface area contributed by atoms with Crippen LogP contribution in [-0.2, 0) is 6.54 Å². The zero-order chi connectivity index (χ0) is 16.4. The zero-order valence-electron chi connectivity index (χ0n) is 12.6. The molecule has 4 aromatic rings. The molecular weight excluding hydrogens is 324 g/mol.